The Hall–Kier alpha value is 0.310. The highest BCUT2D eigenvalue weighted by molar-refractivity contribution is 7.16. The lowest BCUT2D eigenvalue weighted by Gasteiger charge is -1.68. The predicted molar refractivity (Wildman–Crippen MR) is 74.6 cm³/mol. The van der Waals surface area contributed by atoms with Gasteiger partial charge in [0.05, 0.1) is 0 Å². The van der Waals surface area contributed by atoms with E-state index in [0.29, 0.717) is 0 Å². The van der Waals surface area contributed by atoms with Crippen LogP contribution in [0.3, 0.4) is 0 Å². The minimum atomic E-state index is 0. The molecule has 0 amide bonds. The fraction of sp³-hybridized carbons (Fsp3) is 1.00. The summed E-state index contributed by atoms with van der Waals surface area (Å²) in [6.07, 6.45) is 3.81. The van der Waals surface area contributed by atoms with Crippen molar-refractivity contribution < 1.29 is 7.96 Å². The Bertz CT molecular complexity index is 33.6. The van der Waals surface area contributed by atoms with E-state index in [1.54, 1.807) is 0 Å². The summed E-state index contributed by atoms with van der Waals surface area (Å²) >= 11 is 0. The maximum Gasteiger partial charge on any atom is 0.0319 e. The molecule has 94 valence electrons. The number of rotatable bonds is 1. The van der Waals surface area contributed by atoms with Crippen LogP contribution in [0.5, 0.6) is 0 Å². The second kappa shape index (κ2) is 144. The van der Waals surface area contributed by atoms with Gasteiger partial charge in [0, 0.05) is 9.96 Å². The smallest absolute Gasteiger partial charge is 0.0319 e. The molecule has 7 N–H and O–H groups in total. The summed E-state index contributed by atoms with van der Waals surface area (Å²) in [5, 5.41) is 7.00. The first-order valence-corrected chi connectivity index (χ1v) is 5.29. The Kier molecular flexibility index (Phi) is 417. The van der Waals surface area contributed by atoms with Gasteiger partial charge in [-0.2, -0.15) is 0 Å². The standard InChI is InChI=1S/C4H10.C2H7P.C2H6.CH4O.2H3N.2H2/c1-3-4-2;1-2-3;2*1-2;;;;/h3-4H2,1-2H3;2-3H2,1H3;1-2H3;2H,1H3;2*1H3;2*1H. The molecule has 0 radical (unpaired) electrons. The van der Waals surface area contributed by atoms with Gasteiger partial charge in [-0.25, -0.2) is 0 Å². The van der Waals surface area contributed by atoms with Crippen molar-refractivity contribution in [2.45, 2.75) is 47.5 Å². The van der Waals surface area contributed by atoms with Crippen LogP contribution in [-0.2, 0) is 0 Å². The summed E-state index contributed by atoms with van der Waals surface area (Å²) in [4.78, 5) is 0. The third-order valence-electron chi connectivity index (χ3n) is 0.500. The molecule has 0 aliphatic rings. The van der Waals surface area contributed by atoms with Crippen LogP contribution in [0, 0.1) is 0 Å². The molecule has 0 saturated carbocycles. The van der Waals surface area contributed by atoms with E-state index in [9.17, 15) is 0 Å². The van der Waals surface area contributed by atoms with Crippen molar-refractivity contribution >= 4 is 9.24 Å². The van der Waals surface area contributed by atoms with Gasteiger partial charge < -0.3 is 17.4 Å². The second-order valence-electron chi connectivity index (χ2n) is 1.41. The summed E-state index contributed by atoms with van der Waals surface area (Å²) < 4.78 is 0. The summed E-state index contributed by atoms with van der Waals surface area (Å²) in [5.74, 6) is 0. The molecular formula is C9H37N2OP. The van der Waals surface area contributed by atoms with Crippen LogP contribution in [0.15, 0.2) is 0 Å². The highest BCUT2D eigenvalue weighted by atomic mass is 31.0. The molecular weight excluding hydrogens is 183 g/mol. The molecule has 4 heteroatoms. The summed E-state index contributed by atoms with van der Waals surface area (Å²) in [6.45, 7) is 10.4. The predicted octanol–water partition coefficient (Wildman–Crippen LogP) is 4.14. The van der Waals surface area contributed by atoms with Crippen molar-refractivity contribution in [3.05, 3.63) is 0 Å². The fourth-order valence-electron chi connectivity index (χ4n) is 0. The van der Waals surface area contributed by atoms with Crippen molar-refractivity contribution in [2.24, 2.45) is 0 Å². The van der Waals surface area contributed by atoms with E-state index in [-0.39, 0.29) is 15.2 Å². The first-order chi connectivity index (χ1) is 5.33. The SMILES string of the molecule is CC.CCCC.CCP.CO.N.N.[HH].[HH]. The lowest BCUT2D eigenvalue weighted by Crippen LogP contribution is -1.47. The van der Waals surface area contributed by atoms with Crippen LogP contribution < -0.4 is 12.3 Å². The van der Waals surface area contributed by atoms with Crippen LogP contribution in [0.1, 0.15) is 50.3 Å². The number of aliphatic hydroxyl groups excluding tert-OH is 1. The largest absolute Gasteiger partial charge is 0.400 e. The van der Waals surface area contributed by atoms with Crippen molar-refractivity contribution in [3.63, 3.8) is 0 Å². The Balaban J connectivity index is -0.00000000692. The Morgan fingerprint density at radius 1 is 0.923 bits per heavy atom. The van der Waals surface area contributed by atoms with Gasteiger partial charge >= 0.3 is 0 Å². The molecule has 0 aliphatic carbocycles. The average Bonchev–Trinajstić information content (AvgIpc) is 2.12. The molecule has 1 unspecified atom stereocenters. The van der Waals surface area contributed by atoms with E-state index in [1.165, 1.54) is 19.0 Å². The Morgan fingerprint density at radius 2 is 1.00 bits per heavy atom. The molecule has 0 aliphatic heterocycles. The fourth-order valence-corrected chi connectivity index (χ4v) is 0. The van der Waals surface area contributed by atoms with Gasteiger partial charge in [0.2, 0.25) is 0 Å². The minimum absolute atomic E-state index is 0. The molecule has 0 bridgehead atoms. The van der Waals surface area contributed by atoms with Crippen molar-refractivity contribution in [1.29, 1.82) is 0 Å². The van der Waals surface area contributed by atoms with Crippen LogP contribution >= 0.6 is 9.24 Å². The molecule has 0 fully saturated rings. The molecule has 0 heterocycles. The third-order valence-corrected chi connectivity index (χ3v) is 0.500. The second-order valence-corrected chi connectivity index (χ2v) is 2.22. The van der Waals surface area contributed by atoms with Crippen molar-refractivity contribution in [1.82, 2.24) is 12.3 Å². The molecule has 0 spiro atoms. The van der Waals surface area contributed by atoms with Crippen LogP contribution in [0.25, 0.3) is 0 Å². The average molecular weight is 220 g/mol. The lowest BCUT2D eigenvalue weighted by atomic mass is 10.4. The summed E-state index contributed by atoms with van der Waals surface area (Å²) in [5.41, 5.74) is 0. The molecule has 0 aromatic rings. The third kappa shape index (κ3) is 762. The molecule has 0 aromatic heterocycles. The van der Waals surface area contributed by atoms with Crippen LogP contribution in [0.4, 0.5) is 0 Å². The molecule has 0 aromatic carbocycles. The maximum atomic E-state index is 7.00. The van der Waals surface area contributed by atoms with Gasteiger partial charge in [-0.05, 0) is 6.16 Å². The molecule has 1 atom stereocenters. The van der Waals surface area contributed by atoms with Gasteiger partial charge in [-0.1, -0.05) is 47.5 Å². The van der Waals surface area contributed by atoms with E-state index in [0.717, 1.165) is 7.11 Å². The van der Waals surface area contributed by atoms with E-state index in [4.69, 9.17) is 5.11 Å². The number of aliphatic hydroxyl groups is 1. The first kappa shape index (κ1) is 37.7. The zero-order valence-corrected chi connectivity index (χ0v) is 11.7. The molecule has 3 nitrogen and oxygen atoms in total. The number of unbranched alkanes of at least 4 members (excludes halogenated alkanes) is 1. The normalized spacial score (nSPS) is 4.62. The lowest BCUT2D eigenvalue weighted by molar-refractivity contribution is 0.399. The van der Waals surface area contributed by atoms with E-state index < -0.39 is 0 Å². The zero-order chi connectivity index (χ0) is 10.1. The maximum absolute atomic E-state index is 7.00. The van der Waals surface area contributed by atoms with E-state index in [2.05, 4.69) is 30.0 Å². The Morgan fingerprint density at radius 3 is 1.00 bits per heavy atom. The minimum Gasteiger partial charge on any atom is -0.400 e. The summed E-state index contributed by atoms with van der Waals surface area (Å²) in [6, 6.07) is 0. The van der Waals surface area contributed by atoms with Gasteiger partial charge in [-0.15, -0.1) is 9.24 Å². The number of hydrogen-bond acceptors (Lipinski definition) is 3. The molecule has 0 saturated heterocycles. The van der Waals surface area contributed by atoms with Gasteiger partial charge in [0.1, 0.15) is 0 Å². The van der Waals surface area contributed by atoms with Crippen LogP contribution in [0.2, 0.25) is 0 Å². The van der Waals surface area contributed by atoms with E-state index in [1.807, 2.05) is 13.8 Å². The molecule has 0 rings (SSSR count). The summed E-state index contributed by atoms with van der Waals surface area (Å²) in [7, 11) is 3.58. The highest BCUT2D eigenvalue weighted by Crippen LogP contribution is 1.76. The van der Waals surface area contributed by atoms with Gasteiger partial charge in [0.25, 0.3) is 0 Å². The van der Waals surface area contributed by atoms with Crippen LogP contribution in [-0.4, -0.2) is 18.4 Å². The van der Waals surface area contributed by atoms with Crippen molar-refractivity contribution in [2.75, 3.05) is 13.3 Å². The first-order valence-electron chi connectivity index (χ1n) is 4.48. The zero-order valence-electron chi connectivity index (χ0n) is 10.6. The van der Waals surface area contributed by atoms with E-state index >= 15 is 0 Å². The molecule has 13 heavy (non-hydrogen) atoms. The topological polar surface area (TPSA) is 90.2 Å². The quantitative estimate of drug-likeness (QED) is 0.580. The van der Waals surface area contributed by atoms with Gasteiger partial charge in [-0.3, -0.25) is 0 Å². The Labute approximate surface area is 91.0 Å². The van der Waals surface area contributed by atoms with Crippen molar-refractivity contribution in [3.8, 4) is 0 Å². The monoisotopic (exact) mass is 220 g/mol. The number of hydrogen-bond donors (Lipinski definition) is 3. The highest BCUT2D eigenvalue weighted by Gasteiger charge is 1.56. The van der Waals surface area contributed by atoms with Gasteiger partial charge in [0.15, 0.2) is 0 Å².